The molecule has 0 saturated carbocycles. The number of benzene rings is 1. The maximum Gasteiger partial charge on any atom is 0.0486 e. The minimum atomic E-state index is -0.188. The van der Waals surface area contributed by atoms with Gasteiger partial charge in [-0.15, -0.1) is 0 Å². The molecule has 0 radical (unpaired) electrons. The van der Waals surface area contributed by atoms with Crippen LogP contribution in [0, 0.1) is 13.8 Å². The Balaban J connectivity index is 2.36. The van der Waals surface area contributed by atoms with E-state index in [0.717, 1.165) is 32.5 Å². The second kappa shape index (κ2) is 4.56. The van der Waals surface area contributed by atoms with Gasteiger partial charge in [-0.3, -0.25) is 0 Å². The van der Waals surface area contributed by atoms with E-state index in [9.17, 15) is 0 Å². The van der Waals surface area contributed by atoms with Crippen LogP contribution in [0.4, 0.5) is 0 Å². The fraction of sp³-hybridized carbons (Fsp3) is 0.571. The average molecular weight is 219 g/mol. The number of hydrogen-bond donors (Lipinski definition) is 1. The van der Waals surface area contributed by atoms with Crippen molar-refractivity contribution in [1.29, 1.82) is 0 Å². The number of aryl methyl sites for hydroxylation is 2. The van der Waals surface area contributed by atoms with E-state index in [0.29, 0.717) is 0 Å². The van der Waals surface area contributed by atoms with Crippen LogP contribution in [0.2, 0.25) is 0 Å². The highest BCUT2D eigenvalue weighted by atomic mass is 16.5. The van der Waals surface area contributed by atoms with Crippen LogP contribution in [0.25, 0.3) is 0 Å². The summed E-state index contributed by atoms with van der Waals surface area (Å²) in [6.45, 7) is 5.91. The van der Waals surface area contributed by atoms with Crippen LogP contribution >= 0.6 is 0 Å². The van der Waals surface area contributed by atoms with E-state index < -0.39 is 0 Å². The molecule has 1 aliphatic rings. The quantitative estimate of drug-likeness (QED) is 0.788. The van der Waals surface area contributed by atoms with Crippen molar-refractivity contribution in [2.45, 2.75) is 38.6 Å². The number of ether oxygens (including phenoxy) is 1. The lowest BCUT2D eigenvalue weighted by Gasteiger charge is -2.30. The minimum absolute atomic E-state index is 0.188. The van der Waals surface area contributed by atoms with E-state index in [4.69, 9.17) is 10.5 Å². The predicted octanol–water partition coefficient (Wildman–Crippen LogP) is 2.66. The Morgan fingerprint density at radius 1 is 1.19 bits per heavy atom. The molecular weight excluding hydrogens is 198 g/mol. The normalized spacial score (nSPS) is 26.4. The highest BCUT2D eigenvalue weighted by Crippen LogP contribution is 2.32. The van der Waals surface area contributed by atoms with Gasteiger partial charge in [0.2, 0.25) is 0 Å². The molecule has 1 saturated heterocycles. The topological polar surface area (TPSA) is 35.2 Å². The highest BCUT2D eigenvalue weighted by molar-refractivity contribution is 5.36. The number of nitrogens with two attached hydrogens (primary N) is 1. The molecule has 1 heterocycles. The van der Waals surface area contributed by atoms with E-state index in [1.807, 2.05) is 0 Å². The van der Waals surface area contributed by atoms with Gasteiger partial charge in [-0.05, 0) is 44.2 Å². The van der Waals surface area contributed by atoms with Crippen molar-refractivity contribution in [1.82, 2.24) is 0 Å². The van der Waals surface area contributed by atoms with Crippen LogP contribution in [0.1, 0.15) is 36.0 Å². The van der Waals surface area contributed by atoms with E-state index in [-0.39, 0.29) is 5.54 Å². The lowest BCUT2D eigenvalue weighted by Crippen LogP contribution is -2.37. The van der Waals surface area contributed by atoms with E-state index >= 15 is 0 Å². The van der Waals surface area contributed by atoms with Gasteiger partial charge in [0.1, 0.15) is 0 Å². The molecule has 2 heteroatoms. The molecule has 0 spiro atoms. The summed E-state index contributed by atoms with van der Waals surface area (Å²) < 4.78 is 5.50. The van der Waals surface area contributed by atoms with Gasteiger partial charge in [-0.1, -0.05) is 23.8 Å². The zero-order chi connectivity index (χ0) is 11.6. The SMILES string of the molecule is Cc1ccc(C)c(C2(N)CCCOCC2)c1. The van der Waals surface area contributed by atoms with Gasteiger partial charge in [-0.2, -0.15) is 0 Å². The molecule has 1 aromatic rings. The zero-order valence-electron chi connectivity index (χ0n) is 10.3. The van der Waals surface area contributed by atoms with Gasteiger partial charge in [0.05, 0.1) is 0 Å². The molecule has 0 bridgehead atoms. The van der Waals surface area contributed by atoms with Crippen molar-refractivity contribution in [3.63, 3.8) is 0 Å². The summed E-state index contributed by atoms with van der Waals surface area (Å²) in [6, 6.07) is 6.56. The first-order chi connectivity index (χ1) is 7.62. The van der Waals surface area contributed by atoms with Crippen LogP contribution in [-0.4, -0.2) is 13.2 Å². The molecule has 2 rings (SSSR count). The monoisotopic (exact) mass is 219 g/mol. The van der Waals surface area contributed by atoms with Crippen molar-refractivity contribution in [3.05, 3.63) is 34.9 Å². The summed E-state index contributed by atoms with van der Waals surface area (Å²) in [5.41, 5.74) is 10.3. The maximum atomic E-state index is 6.57. The fourth-order valence-corrected chi connectivity index (χ4v) is 2.51. The molecule has 0 amide bonds. The third kappa shape index (κ3) is 2.28. The van der Waals surface area contributed by atoms with Crippen molar-refractivity contribution in [2.75, 3.05) is 13.2 Å². The summed E-state index contributed by atoms with van der Waals surface area (Å²) in [7, 11) is 0. The first-order valence-corrected chi connectivity index (χ1v) is 6.06. The first kappa shape index (κ1) is 11.6. The maximum absolute atomic E-state index is 6.57. The Morgan fingerprint density at radius 2 is 2.00 bits per heavy atom. The van der Waals surface area contributed by atoms with Crippen molar-refractivity contribution >= 4 is 0 Å². The lowest BCUT2D eigenvalue weighted by atomic mass is 9.81. The summed E-state index contributed by atoms with van der Waals surface area (Å²) in [5, 5.41) is 0. The van der Waals surface area contributed by atoms with Crippen LogP contribution in [-0.2, 0) is 10.3 Å². The third-order valence-electron chi connectivity index (χ3n) is 3.53. The van der Waals surface area contributed by atoms with Gasteiger partial charge >= 0.3 is 0 Å². The Bertz CT molecular complexity index is 365. The Hall–Kier alpha value is -0.860. The molecule has 1 aliphatic heterocycles. The van der Waals surface area contributed by atoms with E-state index in [2.05, 4.69) is 32.0 Å². The minimum Gasteiger partial charge on any atom is -0.381 e. The lowest BCUT2D eigenvalue weighted by molar-refractivity contribution is 0.139. The summed E-state index contributed by atoms with van der Waals surface area (Å²) >= 11 is 0. The first-order valence-electron chi connectivity index (χ1n) is 6.06. The largest absolute Gasteiger partial charge is 0.381 e. The summed E-state index contributed by atoms with van der Waals surface area (Å²) in [5.74, 6) is 0. The van der Waals surface area contributed by atoms with E-state index in [1.54, 1.807) is 0 Å². The van der Waals surface area contributed by atoms with Gasteiger partial charge in [0.25, 0.3) is 0 Å². The van der Waals surface area contributed by atoms with Crippen molar-refractivity contribution in [3.8, 4) is 0 Å². The van der Waals surface area contributed by atoms with Crippen LogP contribution in [0.5, 0.6) is 0 Å². The number of rotatable bonds is 1. The molecule has 1 aromatic carbocycles. The zero-order valence-corrected chi connectivity index (χ0v) is 10.3. The van der Waals surface area contributed by atoms with Crippen LogP contribution in [0.3, 0.4) is 0 Å². The molecule has 2 nitrogen and oxygen atoms in total. The molecule has 2 N–H and O–H groups in total. The van der Waals surface area contributed by atoms with E-state index in [1.165, 1.54) is 16.7 Å². The van der Waals surface area contributed by atoms with Gasteiger partial charge in [0.15, 0.2) is 0 Å². The second-order valence-corrected chi connectivity index (χ2v) is 4.94. The van der Waals surface area contributed by atoms with Gasteiger partial charge in [-0.25, -0.2) is 0 Å². The molecule has 0 aliphatic carbocycles. The summed E-state index contributed by atoms with van der Waals surface area (Å²) in [4.78, 5) is 0. The van der Waals surface area contributed by atoms with Crippen molar-refractivity contribution in [2.24, 2.45) is 5.73 Å². The Morgan fingerprint density at radius 3 is 2.81 bits per heavy atom. The second-order valence-electron chi connectivity index (χ2n) is 4.94. The Labute approximate surface area is 97.8 Å². The molecule has 1 fully saturated rings. The van der Waals surface area contributed by atoms with Crippen LogP contribution in [0.15, 0.2) is 18.2 Å². The Kier molecular flexibility index (Phi) is 3.31. The van der Waals surface area contributed by atoms with Gasteiger partial charge in [0, 0.05) is 18.8 Å². The molecule has 1 unspecified atom stereocenters. The fourth-order valence-electron chi connectivity index (χ4n) is 2.51. The summed E-state index contributed by atoms with van der Waals surface area (Å²) in [6.07, 6.45) is 3.01. The van der Waals surface area contributed by atoms with Crippen molar-refractivity contribution < 1.29 is 4.74 Å². The average Bonchev–Trinajstić information content (AvgIpc) is 2.48. The molecule has 16 heavy (non-hydrogen) atoms. The molecule has 0 aromatic heterocycles. The number of hydrogen-bond acceptors (Lipinski definition) is 2. The van der Waals surface area contributed by atoms with Gasteiger partial charge < -0.3 is 10.5 Å². The molecule has 88 valence electrons. The standard InChI is InChI=1S/C14H21NO/c1-11-4-5-12(2)13(10-11)14(15)6-3-8-16-9-7-14/h4-5,10H,3,6-9,15H2,1-2H3. The highest BCUT2D eigenvalue weighted by Gasteiger charge is 2.29. The third-order valence-corrected chi connectivity index (χ3v) is 3.53. The molecule has 1 atom stereocenters. The van der Waals surface area contributed by atoms with Crippen LogP contribution < -0.4 is 5.73 Å². The molecular formula is C14H21NO. The predicted molar refractivity (Wildman–Crippen MR) is 66.5 cm³/mol. The smallest absolute Gasteiger partial charge is 0.0486 e.